The van der Waals surface area contributed by atoms with Crippen LogP contribution < -0.4 is 0 Å². The average Bonchev–Trinajstić information content (AvgIpc) is 3.03. The normalized spacial score (nSPS) is 17.6. The molecule has 2 aromatic rings. The first kappa shape index (κ1) is 20.0. The standard InChI is InChI=1S/C24H23NO5/c1-15(21(26)16-8-4-2-5-9-16)30-24(29)17-12-13-19-20(14-17)23(28)25(22(19)27)18-10-6-3-7-11-18/h2,4-5,8-9,12-15,18H,3,6-7,10-11H2,1H3. The molecule has 2 amide bonds. The Bertz CT molecular complexity index is 1010. The van der Waals surface area contributed by atoms with E-state index in [4.69, 9.17) is 4.74 Å². The quantitative estimate of drug-likeness (QED) is 0.426. The Labute approximate surface area is 174 Å². The van der Waals surface area contributed by atoms with Crippen molar-refractivity contribution in [1.82, 2.24) is 4.90 Å². The van der Waals surface area contributed by atoms with Gasteiger partial charge in [-0.05, 0) is 38.0 Å². The van der Waals surface area contributed by atoms with E-state index in [0.29, 0.717) is 11.1 Å². The Hall–Kier alpha value is -3.28. The fourth-order valence-electron chi connectivity index (χ4n) is 4.18. The van der Waals surface area contributed by atoms with E-state index in [0.717, 1.165) is 32.1 Å². The van der Waals surface area contributed by atoms with Gasteiger partial charge >= 0.3 is 5.97 Å². The molecule has 0 bridgehead atoms. The van der Waals surface area contributed by atoms with Gasteiger partial charge in [-0.3, -0.25) is 19.3 Å². The molecule has 6 nitrogen and oxygen atoms in total. The van der Waals surface area contributed by atoms with Crippen molar-refractivity contribution in [2.75, 3.05) is 0 Å². The molecule has 0 radical (unpaired) electrons. The maximum absolute atomic E-state index is 12.9. The number of amides is 2. The second-order valence-electron chi connectivity index (χ2n) is 7.81. The smallest absolute Gasteiger partial charge is 0.338 e. The van der Waals surface area contributed by atoms with E-state index in [1.165, 1.54) is 30.0 Å². The predicted molar refractivity (Wildman–Crippen MR) is 109 cm³/mol. The minimum Gasteiger partial charge on any atom is -0.451 e. The van der Waals surface area contributed by atoms with Crippen molar-refractivity contribution in [2.45, 2.75) is 51.2 Å². The number of nitrogens with zero attached hydrogens (tertiary/aromatic N) is 1. The van der Waals surface area contributed by atoms with E-state index in [2.05, 4.69) is 0 Å². The molecule has 154 valence electrons. The van der Waals surface area contributed by atoms with Crippen molar-refractivity contribution in [3.63, 3.8) is 0 Å². The molecule has 0 aromatic heterocycles. The lowest BCUT2D eigenvalue weighted by molar-refractivity contribution is 0.0318. The summed E-state index contributed by atoms with van der Waals surface area (Å²) in [5.41, 5.74) is 1.14. The molecule has 4 rings (SSSR count). The van der Waals surface area contributed by atoms with Gasteiger partial charge in [-0.1, -0.05) is 49.6 Å². The SMILES string of the molecule is CC(OC(=O)c1ccc2c(c1)C(=O)N(C1CCCCC1)C2=O)C(=O)c1ccccc1. The van der Waals surface area contributed by atoms with Crippen LogP contribution in [0.2, 0.25) is 0 Å². The molecule has 0 spiro atoms. The molecule has 1 aliphatic carbocycles. The van der Waals surface area contributed by atoms with Gasteiger partial charge in [0, 0.05) is 11.6 Å². The Kier molecular flexibility index (Phi) is 5.48. The zero-order chi connectivity index (χ0) is 21.3. The number of hydrogen-bond acceptors (Lipinski definition) is 5. The number of carbonyl (C=O) groups excluding carboxylic acids is 4. The molecule has 0 saturated heterocycles. The minimum absolute atomic E-state index is 0.0786. The summed E-state index contributed by atoms with van der Waals surface area (Å²) in [5.74, 6) is -1.66. The van der Waals surface area contributed by atoms with Crippen molar-refractivity contribution in [3.05, 3.63) is 70.8 Å². The maximum Gasteiger partial charge on any atom is 0.338 e. The number of carbonyl (C=O) groups is 4. The van der Waals surface area contributed by atoms with E-state index in [9.17, 15) is 19.2 Å². The predicted octanol–water partition coefficient (Wildman–Crippen LogP) is 4.04. The van der Waals surface area contributed by atoms with Crippen LogP contribution in [0.5, 0.6) is 0 Å². The van der Waals surface area contributed by atoms with Crippen molar-refractivity contribution in [1.29, 1.82) is 0 Å². The van der Waals surface area contributed by atoms with Gasteiger partial charge in [-0.25, -0.2) is 4.79 Å². The van der Waals surface area contributed by atoms with Crippen molar-refractivity contribution < 1.29 is 23.9 Å². The fraction of sp³-hybridized carbons (Fsp3) is 0.333. The highest BCUT2D eigenvalue weighted by Crippen LogP contribution is 2.31. The second kappa shape index (κ2) is 8.22. The molecule has 0 N–H and O–H groups in total. The van der Waals surface area contributed by atoms with Gasteiger partial charge in [0.15, 0.2) is 6.10 Å². The first-order valence-electron chi connectivity index (χ1n) is 10.3. The van der Waals surface area contributed by atoms with Gasteiger partial charge in [0.05, 0.1) is 16.7 Å². The van der Waals surface area contributed by atoms with Gasteiger partial charge < -0.3 is 4.74 Å². The molecule has 1 saturated carbocycles. The Morgan fingerprint density at radius 2 is 1.57 bits per heavy atom. The third-order valence-corrected chi connectivity index (χ3v) is 5.80. The van der Waals surface area contributed by atoms with Crippen LogP contribution in [0.25, 0.3) is 0 Å². The average molecular weight is 405 g/mol. The maximum atomic E-state index is 12.9. The lowest BCUT2D eigenvalue weighted by Crippen LogP contribution is -2.40. The minimum atomic E-state index is -0.968. The fourth-order valence-corrected chi connectivity index (χ4v) is 4.18. The third-order valence-electron chi connectivity index (χ3n) is 5.80. The van der Waals surface area contributed by atoms with E-state index in [-0.39, 0.29) is 34.8 Å². The summed E-state index contributed by atoms with van der Waals surface area (Å²) in [5, 5.41) is 0. The second-order valence-corrected chi connectivity index (χ2v) is 7.81. The van der Waals surface area contributed by atoms with Crippen LogP contribution in [0.4, 0.5) is 0 Å². The van der Waals surface area contributed by atoms with E-state index in [1.807, 2.05) is 0 Å². The zero-order valence-electron chi connectivity index (χ0n) is 16.8. The number of rotatable bonds is 5. The van der Waals surface area contributed by atoms with Gasteiger partial charge in [-0.15, -0.1) is 0 Å². The van der Waals surface area contributed by atoms with Crippen LogP contribution in [0.15, 0.2) is 48.5 Å². The van der Waals surface area contributed by atoms with E-state index < -0.39 is 12.1 Å². The summed E-state index contributed by atoms with van der Waals surface area (Å²) in [7, 11) is 0. The number of imide groups is 1. The van der Waals surface area contributed by atoms with Crippen molar-refractivity contribution >= 4 is 23.6 Å². The first-order valence-corrected chi connectivity index (χ1v) is 10.3. The van der Waals surface area contributed by atoms with Crippen molar-refractivity contribution in [2.24, 2.45) is 0 Å². The van der Waals surface area contributed by atoms with Gasteiger partial charge in [0.2, 0.25) is 5.78 Å². The number of ether oxygens (including phenoxy) is 1. The lowest BCUT2D eigenvalue weighted by atomic mass is 9.94. The molecule has 1 fully saturated rings. The Morgan fingerprint density at radius 1 is 0.900 bits per heavy atom. The number of hydrogen-bond donors (Lipinski definition) is 0. The summed E-state index contributed by atoms with van der Waals surface area (Å²) in [6.45, 7) is 1.51. The summed E-state index contributed by atoms with van der Waals surface area (Å²) in [6.07, 6.45) is 3.80. The molecule has 1 unspecified atom stereocenters. The monoisotopic (exact) mass is 405 g/mol. The Balaban J connectivity index is 1.50. The highest BCUT2D eigenvalue weighted by Gasteiger charge is 2.40. The molecular weight excluding hydrogens is 382 g/mol. The summed E-state index contributed by atoms with van der Waals surface area (Å²) in [4.78, 5) is 52.0. The van der Waals surface area contributed by atoms with Crippen LogP contribution in [0, 0.1) is 0 Å². The van der Waals surface area contributed by atoms with Gasteiger partial charge in [0.1, 0.15) is 0 Å². The van der Waals surface area contributed by atoms with Crippen LogP contribution in [-0.4, -0.2) is 40.6 Å². The summed E-state index contributed by atoms with van der Waals surface area (Å²) >= 11 is 0. The number of fused-ring (bicyclic) bond motifs is 1. The first-order chi connectivity index (χ1) is 14.5. The summed E-state index contributed by atoms with van der Waals surface area (Å²) < 4.78 is 5.32. The molecule has 30 heavy (non-hydrogen) atoms. The van der Waals surface area contributed by atoms with Crippen molar-refractivity contribution in [3.8, 4) is 0 Å². The lowest BCUT2D eigenvalue weighted by Gasteiger charge is -2.29. The molecule has 1 atom stereocenters. The number of Topliss-reactive ketones (excluding diaryl/α,β-unsaturated/α-hetero) is 1. The highest BCUT2D eigenvalue weighted by molar-refractivity contribution is 6.22. The topological polar surface area (TPSA) is 80.8 Å². The highest BCUT2D eigenvalue weighted by atomic mass is 16.5. The third kappa shape index (κ3) is 3.65. The number of benzene rings is 2. The largest absolute Gasteiger partial charge is 0.451 e. The molecule has 2 aliphatic rings. The molecule has 1 heterocycles. The van der Waals surface area contributed by atoms with Gasteiger partial charge in [-0.2, -0.15) is 0 Å². The van der Waals surface area contributed by atoms with E-state index in [1.54, 1.807) is 30.3 Å². The molecule has 6 heteroatoms. The zero-order valence-corrected chi connectivity index (χ0v) is 16.8. The van der Waals surface area contributed by atoms with Crippen LogP contribution in [0.3, 0.4) is 0 Å². The van der Waals surface area contributed by atoms with Crippen LogP contribution in [-0.2, 0) is 4.74 Å². The molecular formula is C24H23NO5. The van der Waals surface area contributed by atoms with Crippen LogP contribution >= 0.6 is 0 Å². The number of esters is 1. The summed E-state index contributed by atoms with van der Waals surface area (Å²) in [6, 6.07) is 12.9. The molecule has 1 aliphatic heterocycles. The van der Waals surface area contributed by atoms with Gasteiger partial charge in [0.25, 0.3) is 11.8 Å². The van der Waals surface area contributed by atoms with E-state index >= 15 is 0 Å². The Morgan fingerprint density at radius 3 is 2.27 bits per heavy atom. The number of ketones is 1. The van der Waals surface area contributed by atoms with Crippen LogP contribution in [0.1, 0.15) is 80.5 Å². The molecule has 2 aromatic carbocycles.